The normalized spacial score (nSPS) is 10.2. The number of benzene rings is 1. The second-order valence-electron chi connectivity index (χ2n) is 3.09. The van der Waals surface area contributed by atoms with Crippen LogP contribution in [0.1, 0.15) is 0 Å². The quantitative estimate of drug-likeness (QED) is 0.755. The fraction of sp³-hybridized carbons (Fsp3) is 0.0909. The van der Waals surface area contributed by atoms with Crippen LogP contribution in [0.15, 0.2) is 30.6 Å². The van der Waals surface area contributed by atoms with E-state index in [0.717, 1.165) is 0 Å². The van der Waals surface area contributed by atoms with Crippen LogP contribution in [0.3, 0.4) is 0 Å². The molecule has 3 nitrogen and oxygen atoms in total. The van der Waals surface area contributed by atoms with E-state index in [0.29, 0.717) is 16.9 Å². The molecule has 0 fully saturated rings. The van der Waals surface area contributed by atoms with E-state index in [1.54, 1.807) is 6.07 Å². The number of aromatic nitrogens is 2. The zero-order valence-corrected chi connectivity index (χ0v) is 9.20. The summed E-state index contributed by atoms with van der Waals surface area (Å²) < 4.78 is 18.3. The molecule has 2 rings (SSSR count). The van der Waals surface area contributed by atoms with Crippen LogP contribution < -0.4 is 4.74 Å². The predicted molar refractivity (Wildman–Crippen MR) is 59.0 cm³/mol. The molecular formula is C11H8ClFN2O. The largest absolute Gasteiger partial charge is 0.496 e. The summed E-state index contributed by atoms with van der Waals surface area (Å²) in [6, 6.07) is 4.25. The molecule has 0 aliphatic rings. The van der Waals surface area contributed by atoms with Crippen molar-refractivity contribution in [1.82, 2.24) is 9.97 Å². The molecule has 0 unspecified atom stereocenters. The minimum absolute atomic E-state index is 0.152. The summed E-state index contributed by atoms with van der Waals surface area (Å²) in [5.74, 6) is 0.220. The van der Waals surface area contributed by atoms with Gasteiger partial charge >= 0.3 is 0 Å². The molecule has 0 aliphatic carbocycles. The van der Waals surface area contributed by atoms with Gasteiger partial charge in [-0.15, -0.1) is 0 Å². The van der Waals surface area contributed by atoms with Crippen molar-refractivity contribution in [2.75, 3.05) is 7.11 Å². The summed E-state index contributed by atoms with van der Waals surface area (Å²) in [5.41, 5.74) is 1.25. The summed E-state index contributed by atoms with van der Waals surface area (Å²) in [4.78, 5) is 7.67. The SMILES string of the molecule is COc1ccc(F)cc1-c1cnc(Cl)nc1. The van der Waals surface area contributed by atoms with Gasteiger partial charge in [-0.2, -0.15) is 0 Å². The lowest BCUT2D eigenvalue weighted by atomic mass is 10.1. The average molecular weight is 239 g/mol. The van der Waals surface area contributed by atoms with Gasteiger partial charge in [-0.3, -0.25) is 0 Å². The first-order valence-corrected chi connectivity index (χ1v) is 4.90. The van der Waals surface area contributed by atoms with Gasteiger partial charge < -0.3 is 4.74 Å². The summed E-state index contributed by atoms with van der Waals surface area (Å²) in [6.45, 7) is 0. The lowest BCUT2D eigenvalue weighted by Crippen LogP contribution is -1.91. The van der Waals surface area contributed by atoms with E-state index < -0.39 is 0 Å². The third kappa shape index (κ3) is 2.12. The molecule has 0 aliphatic heterocycles. The molecule has 0 bridgehead atoms. The van der Waals surface area contributed by atoms with Gasteiger partial charge in [0, 0.05) is 23.5 Å². The van der Waals surface area contributed by atoms with Crippen LogP contribution in [0.4, 0.5) is 4.39 Å². The van der Waals surface area contributed by atoms with E-state index in [4.69, 9.17) is 16.3 Å². The first-order chi connectivity index (χ1) is 7.70. The van der Waals surface area contributed by atoms with Crippen molar-refractivity contribution in [3.63, 3.8) is 0 Å². The van der Waals surface area contributed by atoms with Crippen molar-refractivity contribution in [2.24, 2.45) is 0 Å². The second kappa shape index (κ2) is 4.45. The molecule has 1 aromatic heterocycles. The number of halogens is 2. The number of hydrogen-bond donors (Lipinski definition) is 0. The predicted octanol–water partition coefficient (Wildman–Crippen LogP) is 2.94. The highest BCUT2D eigenvalue weighted by molar-refractivity contribution is 6.28. The van der Waals surface area contributed by atoms with Crippen molar-refractivity contribution in [3.8, 4) is 16.9 Å². The lowest BCUT2D eigenvalue weighted by Gasteiger charge is -2.07. The van der Waals surface area contributed by atoms with E-state index in [1.807, 2.05) is 0 Å². The Balaban J connectivity index is 2.53. The number of ether oxygens (including phenoxy) is 1. The standard InChI is InChI=1S/C11H8ClFN2O/c1-16-10-3-2-8(13)4-9(10)7-5-14-11(12)15-6-7/h2-6H,1H3. The highest BCUT2D eigenvalue weighted by Gasteiger charge is 2.08. The monoisotopic (exact) mass is 238 g/mol. The van der Waals surface area contributed by atoms with E-state index in [9.17, 15) is 4.39 Å². The molecule has 0 N–H and O–H groups in total. The van der Waals surface area contributed by atoms with Crippen LogP contribution >= 0.6 is 11.6 Å². The maximum absolute atomic E-state index is 13.1. The summed E-state index contributed by atoms with van der Waals surface area (Å²) >= 11 is 5.58. The van der Waals surface area contributed by atoms with Crippen LogP contribution in [0.25, 0.3) is 11.1 Å². The third-order valence-electron chi connectivity index (χ3n) is 2.09. The highest BCUT2D eigenvalue weighted by Crippen LogP contribution is 2.29. The molecule has 16 heavy (non-hydrogen) atoms. The van der Waals surface area contributed by atoms with Crippen molar-refractivity contribution < 1.29 is 9.13 Å². The maximum Gasteiger partial charge on any atom is 0.222 e. The Labute approximate surface area is 96.9 Å². The molecule has 0 saturated carbocycles. The molecule has 1 aromatic carbocycles. The van der Waals surface area contributed by atoms with Gasteiger partial charge in [0.1, 0.15) is 11.6 Å². The van der Waals surface area contributed by atoms with Gasteiger partial charge in [0.15, 0.2) is 0 Å². The zero-order chi connectivity index (χ0) is 11.5. The van der Waals surface area contributed by atoms with Gasteiger partial charge in [0.2, 0.25) is 5.28 Å². The van der Waals surface area contributed by atoms with Gasteiger partial charge in [0.25, 0.3) is 0 Å². The topological polar surface area (TPSA) is 35.0 Å². The zero-order valence-electron chi connectivity index (χ0n) is 8.45. The summed E-state index contributed by atoms with van der Waals surface area (Å²) in [5, 5.41) is 0.152. The Kier molecular flexibility index (Phi) is 3.01. The van der Waals surface area contributed by atoms with Crippen molar-refractivity contribution >= 4 is 11.6 Å². The minimum atomic E-state index is -0.342. The first-order valence-electron chi connectivity index (χ1n) is 4.52. The van der Waals surface area contributed by atoms with E-state index in [1.165, 1.54) is 31.6 Å². The number of methoxy groups -OCH3 is 1. The Hall–Kier alpha value is -1.68. The Morgan fingerprint density at radius 1 is 1.25 bits per heavy atom. The molecule has 0 saturated heterocycles. The minimum Gasteiger partial charge on any atom is -0.496 e. The van der Waals surface area contributed by atoms with E-state index in [-0.39, 0.29) is 11.1 Å². The average Bonchev–Trinajstić information content (AvgIpc) is 2.30. The Morgan fingerprint density at radius 2 is 1.94 bits per heavy atom. The first kappa shape index (κ1) is 10.8. The third-order valence-corrected chi connectivity index (χ3v) is 2.29. The summed E-state index contributed by atoms with van der Waals surface area (Å²) in [7, 11) is 1.52. The molecular weight excluding hydrogens is 231 g/mol. The molecule has 5 heteroatoms. The molecule has 82 valence electrons. The molecule has 2 aromatic rings. The molecule has 0 radical (unpaired) electrons. The smallest absolute Gasteiger partial charge is 0.222 e. The summed E-state index contributed by atoms with van der Waals surface area (Å²) in [6.07, 6.45) is 3.04. The van der Waals surface area contributed by atoms with Gasteiger partial charge in [0.05, 0.1) is 7.11 Å². The van der Waals surface area contributed by atoms with Crippen LogP contribution in [-0.2, 0) is 0 Å². The van der Waals surface area contributed by atoms with Crippen molar-refractivity contribution in [1.29, 1.82) is 0 Å². The molecule has 1 heterocycles. The maximum atomic E-state index is 13.1. The second-order valence-corrected chi connectivity index (χ2v) is 3.42. The molecule has 0 spiro atoms. The van der Waals surface area contributed by atoms with Crippen LogP contribution in [-0.4, -0.2) is 17.1 Å². The fourth-order valence-corrected chi connectivity index (χ4v) is 1.45. The number of rotatable bonds is 2. The van der Waals surface area contributed by atoms with Crippen molar-refractivity contribution in [2.45, 2.75) is 0 Å². The Morgan fingerprint density at radius 3 is 2.56 bits per heavy atom. The van der Waals surface area contributed by atoms with Gasteiger partial charge in [-0.1, -0.05) is 0 Å². The van der Waals surface area contributed by atoms with Crippen molar-refractivity contribution in [3.05, 3.63) is 41.7 Å². The molecule has 0 atom stereocenters. The van der Waals surface area contributed by atoms with E-state index in [2.05, 4.69) is 9.97 Å². The fourth-order valence-electron chi connectivity index (χ4n) is 1.36. The number of nitrogens with zero attached hydrogens (tertiary/aromatic N) is 2. The van der Waals surface area contributed by atoms with Crippen LogP contribution in [0, 0.1) is 5.82 Å². The van der Waals surface area contributed by atoms with Crippen LogP contribution in [0.2, 0.25) is 5.28 Å². The van der Waals surface area contributed by atoms with Crippen LogP contribution in [0.5, 0.6) is 5.75 Å². The highest BCUT2D eigenvalue weighted by atomic mass is 35.5. The number of hydrogen-bond acceptors (Lipinski definition) is 3. The lowest BCUT2D eigenvalue weighted by molar-refractivity contribution is 0.415. The Bertz CT molecular complexity index is 502. The van der Waals surface area contributed by atoms with Gasteiger partial charge in [-0.05, 0) is 29.8 Å². The van der Waals surface area contributed by atoms with E-state index >= 15 is 0 Å². The molecule has 0 amide bonds. The van der Waals surface area contributed by atoms with Gasteiger partial charge in [-0.25, -0.2) is 14.4 Å².